The second kappa shape index (κ2) is 3.18. The molecule has 16 heavy (non-hydrogen) atoms. The van der Waals surface area contributed by atoms with E-state index < -0.39 is 11.9 Å². The Morgan fingerprint density at radius 1 is 1.50 bits per heavy atom. The molecule has 0 saturated heterocycles. The summed E-state index contributed by atoms with van der Waals surface area (Å²) in [6.45, 7) is 0.390. The number of rotatable bonds is 0. The zero-order chi connectivity index (χ0) is 11.3. The highest BCUT2D eigenvalue weighted by Gasteiger charge is 2.34. The zero-order valence-corrected chi connectivity index (χ0v) is 8.44. The van der Waals surface area contributed by atoms with E-state index in [2.05, 4.69) is 0 Å². The van der Waals surface area contributed by atoms with Gasteiger partial charge < -0.3 is 14.7 Å². The maximum atomic E-state index is 13.3. The first-order valence-electron chi connectivity index (χ1n) is 5.11. The maximum Gasteiger partial charge on any atom is 0.265 e. The summed E-state index contributed by atoms with van der Waals surface area (Å²) in [4.78, 5) is 13.1. The van der Waals surface area contributed by atoms with E-state index in [-0.39, 0.29) is 12.5 Å². The Labute approximate surface area is 91.2 Å². The van der Waals surface area contributed by atoms with Crippen LogP contribution in [0, 0.1) is 5.82 Å². The molecule has 1 atom stereocenters. The molecule has 1 unspecified atom stereocenters. The third-order valence-electron chi connectivity index (χ3n) is 2.98. The smallest absolute Gasteiger partial charge is 0.265 e. The number of anilines is 1. The van der Waals surface area contributed by atoms with Crippen LogP contribution in [0.5, 0.6) is 5.75 Å². The first-order chi connectivity index (χ1) is 7.66. The Bertz CT molecular complexity index is 475. The van der Waals surface area contributed by atoms with Crippen molar-refractivity contribution in [3.05, 3.63) is 23.5 Å². The van der Waals surface area contributed by atoms with Crippen molar-refractivity contribution in [2.24, 2.45) is 0 Å². The van der Waals surface area contributed by atoms with Crippen LogP contribution in [0.25, 0.3) is 0 Å². The van der Waals surface area contributed by atoms with Gasteiger partial charge in [0.2, 0.25) is 0 Å². The number of amides is 1. The van der Waals surface area contributed by atoms with Gasteiger partial charge in [-0.05, 0) is 12.5 Å². The van der Waals surface area contributed by atoms with Crippen molar-refractivity contribution in [3.8, 4) is 5.75 Å². The molecule has 0 radical (unpaired) electrons. The summed E-state index contributed by atoms with van der Waals surface area (Å²) in [5.74, 6) is -0.260. The molecule has 4 nitrogen and oxygen atoms in total. The van der Waals surface area contributed by atoms with E-state index in [0.717, 1.165) is 0 Å². The average Bonchev–Trinajstić information content (AvgIpc) is 2.26. The van der Waals surface area contributed by atoms with E-state index in [0.29, 0.717) is 30.0 Å². The standard InChI is InChI=1S/C11H10FNO3/c12-6-3-7-8(14)1-2-13-10(15)5-16-9(4-6)11(7)13/h3-4,8,14H,1-2,5H2. The van der Waals surface area contributed by atoms with Crippen LogP contribution in [0.4, 0.5) is 10.1 Å². The molecule has 0 saturated carbocycles. The molecule has 2 aliphatic rings. The minimum Gasteiger partial charge on any atom is -0.481 e. The quantitative estimate of drug-likeness (QED) is 0.713. The van der Waals surface area contributed by atoms with Crippen LogP contribution in [0.3, 0.4) is 0 Å². The monoisotopic (exact) mass is 223 g/mol. The maximum absolute atomic E-state index is 13.3. The number of ether oxygens (including phenoxy) is 1. The van der Waals surface area contributed by atoms with E-state index in [9.17, 15) is 14.3 Å². The van der Waals surface area contributed by atoms with Crippen molar-refractivity contribution in [3.63, 3.8) is 0 Å². The molecular formula is C11H10FNO3. The molecule has 1 N–H and O–H groups in total. The van der Waals surface area contributed by atoms with E-state index in [1.807, 2.05) is 0 Å². The number of aliphatic hydroxyl groups excluding tert-OH is 1. The molecule has 0 spiro atoms. The van der Waals surface area contributed by atoms with Gasteiger partial charge in [0, 0.05) is 18.2 Å². The lowest BCUT2D eigenvalue weighted by atomic mass is 9.97. The first kappa shape index (κ1) is 9.59. The molecule has 1 amide bonds. The van der Waals surface area contributed by atoms with Gasteiger partial charge in [0.05, 0.1) is 11.8 Å². The lowest BCUT2D eigenvalue weighted by Crippen LogP contribution is -2.43. The summed E-state index contributed by atoms with van der Waals surface area (Å²) < 4.78 is 18.4. The number of halogens is 1. The summed E-state index contributed by atoms with van der Waals surface area (Å²) in [5, 5.41) is 9.77. The summed E-state index contributed by atoms with van der Waals surface area (Å²) >= 11 is 0. The highest BCUT2D eigenvalue weighted by Crippen LogP contribution is 2.43. The number of hydrogen-bond acceptors (Lipinski definition) is 3. The molecule has 5 heteroatoms. The number of benzene rings is 1. The summed E-state index contributed by atoms with van der Waals surface area (Å²) in [7, 11) is 0. The van der Waals surface area contributed by atoms with Gasteiger partial charge in [0.1, 0.15) is 11.6 Å². The number of carbonyl (C=O) groups is 1. The molecule has 1 aromatic rings. The summed E-state index contributed by atoms with van der Waals surface area (Å²) in [6, 6.07) is 2.51. The number of hydrogen-bond donors (Lipinski definition) is 1. The minimum absolute atomic E-state index is 0.0635. The van der Waals surface area contributed by atoms with E-state index >= 15 is 0 Å². The Morgan fingerprint density at radius 2 is 2.31 bits per heavy atom. The van der Waals surface area contributed by atoms with Crippen molar-refractivity contribution in [2.75, 3.05) is 18.1 Å². The van der Waals surface area contributed by atoms with Crippen LogP contribution >= 0.6 is 0 Å². The number of carbonyl (C=O) groups excluding carboxylic acids is 1. The Morgan fingerprint density at radius 3 is 3.12 bits per heavy atom. The highest BCUT2D eigenvalue weighted by molar-refractivity contribution is 5.99. The fraction of sp³-hybridized carbons (Fsp3) is 0.364. The Balaban J connectivity index is 2.24. The van der Waals surface area contributed by atoms with Crippen LogP contribution in [-0.4, -0.2) is 24.2 Å². The molecule has 0 bridgehead atoms. The average molecular weight is 223 g/mol. The topological polar surface area (TPSA) is 49.8 Å². The summed E-state index contributed by atoms with van der Waals surface area (Å²) in [5.41, 5.74) is 0.964. The normalized spacial score (nSPS) is 22.8. The minimum atomic E-state index is -0.727. The molecule has 1 aromatic carbocycles. The lowest BCUT2D eigenvalue weighted by molar-refractivity contribution is -0.121. The third kappa shape index (κ3) is 1.21. The zero-order valence-electron chi connectivity index (χ0n) is 8.44. The van der Waals surface area contributed by atoms with Gasteiger partial charge in [-0.25, -0.2) is 4.39 Å². The fourth-order valence-corrected chi connectivity index (χ4v) is 2.23. The van der Waals surface area contributed by atoms with Gasteiger partial charge in [0.15, 0.2) is 6.61 Å². The fourth-order valence-electron chi connectivity index (χ4n) is 2.23. The van der Waals surface area contributed by atoms with Gasteiger partial charge in [-0.1, -0.05) is 0 Å². The van der Waals surface area contributed by atoms with Crippen LogP contribution in [0.15, 0.2) is 12.1 Å². The molecular weight excluding hydrogens is 213 g/mol. The van der Waals surface area contributed by atoms with Crippen LogP contribution in [0.2, 0.25) is 0 Å². The van der Waals surface area contributed by atoms with Gasteiger partial charge in [-0.2, -0.15) is 0 Å². The van der Waals surface area contributed by atoms with E-state index in [4.69, 9.17) is 4.74 Å². The predicted octanol–water partition coefficient (Wildman–Crippen LogP) is 0.988. The number of nitrogens with zero attached hydrogens (tertiary/aromatic N) is 1. The molecule has 84 valence electrons. The van der Waals surface area contributed by atoms with Crippen LogP contribution in [-0.2, 0) is 4.79 Å². The summed E-state index contributed by atoms with van der Waals surface area (Å²) in [6.07, 6.45) is -0.294. The van der Waals surface area contributed by atoms with Gasteiger partial charge in [-0.3, -0.25) is 4.79 Å². The molecule has 3 rings (SSSR count). The van der Waals surface area contributed by atoms with Crippen LogP contribution in [0.1, 0.15) is 18.1 Å². The third-order valence-corrected chi connectivity index (χ3v) is 2.98. The first-order valence-corrected chi connectivity index (χ1v) is 5.11. The lowest BCUT2D eigenvalue weighted by Gasteiger charge is -2.36. The van der Waals surface area contributed by atoms with Gasteiger partial charge in [-0.15, -0.1) is 0 Å². The molecule has 0 aliphatic carbocycles. The van der Waals surface area contributed by atoms with E-state index in [1.54, 1.807) is 4.90 Å². The van der Waals surface area contributed by atoms with Crippen molar-refractivity contribution in [1.29, 1.82) is 0 Å². The molecule has 0 aromatic heterocycles. The Kier molecular flexibility index (Phi) is 1.91. The van der Waals surface area contributed by atoms with Gasteiger partial charge in [0.25, 0.3) is 5.91 Å². The molecule has 0 fully saturated rings. The van der Waals surface area contributed by atoms with Crippen LogP contribution < -0.4 is 9.64 Å². The SMILES string of the molecule is O=C1COc2cc(F)cc3c2N1CCC3O. The van der Waals surface area contributed by atoms with Crippen molar-refractivity contribution in [2.45, 2.75) is 12.5 Å². The van der Waals surface area contributed by atoms with E-state index in [1.165, 1.54) is 12.1 Å². The largest absolute Gasteiger partial charge is 0.481 e. The van der Waals surface area contributed by atoms with Crippen molar-refractivity contribution in [1.82, 2.24) is 0 Å². The predicted molar refractivity (Wildman–Crippen MR) is 53.8 cm³/mol. The highest BCUT2D eigenvalue weighted by atomic mass is 19.1. The van der Waals surface area contributed by atoms with Crippen molar-refractivity contribution >= 4 is 11.6 Å². The Hall–Kier alpha value is -1.62. The second-order valence-electron chi connectivity index (χ2n) is 3.98. The number of aliphatic hydroxyl groups is 1. The molecule has 2 heterocycles. The molecule has 2 aliphatic heterocycles. The second-order valence-corrected chi connectivity index (χ2v) is 3.98. The van der Waals surface area contributed by atoms with Gasteiger partial charge >= 0.3 is 0 Å². The van der Waals surface area contributed by atoms with Crippen molar-refractivity contribution < 1.29 is 19.0 Å².